The van der Waals surface area contributed by atoms with E-state index in [9.17, 15) is 14.4 Å². The van der Waals surface area contributed by atoms with Gasteiger partial charge in [-0.15, -0.1) is 11.3 Å². The van der Waals surface area contributed by atoms with Crippen molar-refractivity contribution in [2.24, 2.45) is 0 Å². The fourth-order valence-electron chi connectivity index (χ4n) is 4.14. The summed E-state index contributed by atoms with van der Waals surface area (Å²) in [6.45, 7) is 4.41. The number of aryl methyl sites for hydroxylation is 2. The molecule has 3 N–H and O–H groups in total. The minimum absolute atomic E-state index is 0.100. The SMILES string of the molecule is Cc1ccc(NC(=O)CSc2nc3ccc(NC(=O)c4ccccc4C(=O)NCc4ccccc4)cc3s2)cc1C. The van der Waals surface area contributed by atoms with Gasteiger partial charge in [-0.05, 0) is 73.0 Å². The predicted molar refractivity (Wildman–Crippen MR) is 167 cm³/mol. The van der Waals surface area contributed by atoms with E-state index < -0.39 is 0 Å². The molecule has 41 heavy (non-hydrogen) atoms. The number of thiazole rings is 1. The van der Waals surface area contributed by atoms with Gasteiger partial charge in [-0.2, -0.15) is 0 Å². The Morgan fingerprint density at radius 1 is 0.756 bits per heavy atom. The Balaban J connectivity index is 1.21. The second-order valence-electron chi connectivity index (χ2n) is 9.47. The number of carbonyl (C=O) groups is 3. The molecule has 0 atom stereocenters. The number of anilines is 2. The van der Waals surface area contributed by atoms with Gasteiger partial charge in [0.05, 0.1) is 27.1 Å². The smallest absolute Gasteiger partial charge is 0.256 e. The molecule has 1 heterocycles. The first-order valence-corrected chi connectivity index (χ1v) is 14.8. The predicted octanol–water partition coefficient (Wildman–Crippen LogP) is 6.83. The van der Waals surface area contributed by atoms with E-state index in [4.69, 9.17) is 0 Å². The van der Waals surface area contributed by atoms with Crippen LogP contribution in [0.2, 0.25) is 0 Å². The fourth-order valence-corrected chi connectivity index (χ4v) is 6.05. The molecule has 3 amide bonds. The van der Waals surface area contributed by atoms with Gasteiger partial charge in [-0.1, -0.05) is 60.3 Å². The van der Waals surface area contributed by atoms with Crippen LogP contribution in [0.5, 0.6) is 0 Å². The van der Waals surface area contributed by atoms with Crippen LogP contribution in [-0.2, 0) is 11.3 Å². The average molecular weight is 581 g/mol. The quantitative estimate of drug-likeness (QED) is 0.166. The molecule has 0 fully saturated rings. The molecule has 5 aromatic rings. The lowest BCUT2D eigenvalue weighted by molar-refractivity contribution is -0.113. The summed E-state index contributed by atoms with van der Waals surface area (Å²) >= 11 is 2.83. The maximum Gasteiger partial charge on any atom is 0.256 e. The number of nitrogens with one attached hydrogen (secondary N) is 3. The third kappa shape index (κ3) is 7.19. The van der Waals surface area contributed by atoms with E-state index >= 15 is 0 Å². The number of hydrogen-bond donors (Lipinski definition) is 3. The maximum atomic E-state index is 13.2. The van der Waals surface area contributed by atoms with Crippen molar-refractivity contribution in [3.63, 3.8) is 0 Å². The van der Waals surface area contributed by atoms with Crippen molar-refractivity contribution >= 4 is 62.4 Å². The van der Waals surface area contributed by atoms with Crippen molar-refractivity contribution in [1.82, 2.24) is 10.3 Å². The monoisotopic (exact) mass is 580 g/mol. The number of thioether (sulfide) groups is 1. The molecular formula is C32H28N4O3S2. The highest BCUT2D eigenvalue weighted by Gasteiger charge is 2.17. The van der Waals surface area contributed by atoms with E-state index in [1.54, 1.807) is 30.3 Å². The molecule has 0 unspecified atom stereocenters. The summed E-state index contributed by atoms with van der Waals surface area (Å²) in [5.74, 6) is -0.561. The number of hydrogen-bond acceptors (Lipinski definition) is 6. The number of amides is 3. The van der Waals surface area contributed by atoms with Gasteiger partial charge in [0, 0.05) is 17.9 Å². The minimum atomic E-state index is -0.378. The molecule has 4 aromatic carbocycles. The first-order valence-electron chi connectivity index (χ1n) is 13.0. The molecular weight excluding hydrogens is 553 g/mol. The summed E-state index contributed by atoms with van der Waals surface area (Å²) in [6, 6.07) is 27.6. The number of aromatic nitrogens is 1. The molecule has 0 aliphatic rings. The summed E-state index contributed by atoms with van der Waals surface area (Å²) in [7, 11) is 0. The van der Waals surface area contributed by atoms with Gasteiger partial charge in [0.1, 0.15) is 0 Å². The Labute approximate surface area is 246 Å². The van der Waals surface area contributed by atoms with E-state index in [0.717, 1.165) is 31.4 Å². The molecule has 206 valence electrons. The van der Waals surface area contributed by atoms with E-state index in [1.807, 2.05) is 74.5 Å². The fraction of sp³-hybridized carbons (Fsp3) is 0.125. The molecule has 0 spiro atoms. The first-order chi connectivity index (χ1) is 19.9. The second kappa shape index (κ2) is 12.8. The number of fused-ring (bicyclic) bond motifs is 1. The van der Waals surface area contributed by atoms with Crippen LogP contribution < -0.4 is 16.0 Å². The van der Waals surface area contributed by atoms with E-state index in [-0.39, 0.29) is 29.0 Å². The topological polar surface area (TPSA) is 100 Å². The van der Waals surface area contributed by atoms with Gasteiger partial charge in [0.2, 0.25) is 5.91 Å². The normalized spacial score (nSPS) is 10.8. The molecule has 0 radical (unpaired) electrons. The van der Waals surface area contributed by atoms with Crippen LogP contribution in [0, 0.1) is 13.8 Å². The van der Waals surface area contributed by atoms with Gasteiger partial charge in [-0.3, -0.25) is 14.4 Å². The Morgan fingerprint density at radius 3 is 2.20 bits per heavy atom. The molecule has 0 aliphatic heterocycles. The summed E-state index contributed by atoms with van der Waals surface area (Å²) in [5.41, 5.74) is 6.01. The van der Waals surface area contributed by atoms with Gasteiger partial charge < -0.3 is 16.0 Å². The highest BCUT2D eigenvalue weighted by Crippen LogP contribution is 2.31. The summed E-state index contributed by atoms with van der Waals surface area (Å²) in [5, 5.41) is 8.72. The zero-order valence-corrected chi connectivity index (χ0v) is 24.2. The third-order valence-electron chi connectivity index (χ3n) is 6.46. The molecule has 7 nitrogen and oxygen atoms in total. The highest BCUT2D eigenvalue weighted by atomic mass is 32.2. The largest absolute Gasteiger partial charge is 0.348 e. The van der Waals surface area contributed by atoms with E-state index in [2.05, 4.69) is 20.9 Å². The maximum absolute atomic E-state index is 13.2. The van der Waals surface area contributed by atoms with Crippen LogP contribution in [0.15, 0.2) is 95.3 Å². The van der Waals surface area contributed by atoms with Crippen molar-refractivity contribution in [3.8, 4) is 0 Å². The van der Waals surface area contributed by atoms with Crippen molar-refractivity contribution in [1.29, 1.82) is 0 Å². The minimum Gasteiger partial charge on any atom is -0.348 e. The van der Waals surface area contributed by atoms with Crippen molar-refractivity contribution in [3.05, 3.63) is 119 Å². The molecule has 0 saturated carbocycles. The molecule has 1 aromatic heterocycles. The van der Waals surface area contributed by atoms with Gasteiger partial charge in [0.25, 0.3) is 11.8 Å². The number of nitrogens with zero attached hydrogens (tertiary/aromatic N) is 1. The van der Waals surface area contributed by atoms with Gasteiger partial charge in [0.15, 0.2) is 4.34 Å². The Kier molecular flexibility index (Phi) is 8.76. The van der Waals surface area contributed by atoms with E-state index in [1.165, 1.54) is 28.7 Å². The van der Waals surface area contributed by atoms with Gasteiger partial charge in [-0.25, -0.2) is 4.98 Å². The van der Waals surface area contributed by atoms with Crippen LogP contribution in [0.3, 0.4) is 0 Å². The lowest BCUT2D eigenvalue weighted by Gasteiger charge is -2.11. The lowest BCUT2D eigenvalue weighted by atomic mass is 10.1. The van der Waals surface area contributed by atoms with Crippen LogP contribution >= 0.6 is 23.1 Å². The lowest BCUT2D eigenvalue weighted by Crippen LogP contribution is -2.26. The number of rotatable bonds is 9. The second-order valence-corrected chi connectivity index (χ2v) is 11.7. The van der Waals surface area contributed by atoms with Crippen molar-refractivity contribution < 1.29 is 14.4 Å². The zero-order valence-electron chi connectivity index (χ0n) is 22.6. The highest BCUT2D eigenvalue weighted by molar-refractivity contribution is 8.01. The van der Waals surface area contributed by atoms with Gasteiger partial charge >= 0.3 is 0 Å². The molecule has 5 rings (SSSR count). The molecule has 0 saturated heterocycles. The summed E-state index contributed by atoms with van der Waals surface area (Å²) < 4.78 is 1.65. The third-order valence-corrected chi connectivity index (χ3v) is 8.62. The Bertz CT molecular complexity index is 1730. The standard InChI is InChI=1S/C32H28N4O3S2/c1-20-12-13-23(16-21(20)2)34-29(37)19-40-32-36-27-15-14-24(17-28(27)41-32)35-31(39)26-11-7-6-10-25(26)30(38)33-18-22-8-4-3-5-9-22/h3-17H,18-19H2,1-2H3,(H,33,38)(H,34,37)(H,35,39). The van der Waals surface area contributed by atoms with Crippen LogP contribution in [0.4, 0.5) is 11.4 Å². The number of benzene rings is 4. The van der Waals surface area contributed by atoms with Crippen molar-refractivity contribution in [2.75, 3.05) is 16.4 Å². The molecule has 9 heteroatoms. The van der Waals surface area contributed by atoms with Crippen molar-refractivity contribution in [2.45, 2.75) is 24.7 Å². The number of carbonyl (C=O) groups excluding carboxylic acids is 3. The molecule has 0 bridgehead atoms. The summed E-state index contributed by atoms with van der Waals surface area (Å²) in [6.07, 6.45) is 0. The van der Waals surface area contributed by atoms with Crippen LogP contribution in [0.1, 0.15) is 37.4 Å². The van der Waals surface area contributed by atoms with Crippen LogP contribution in [-0.4, -0.2) is 28.5 Å². The first kappa shape index (κ1) is 28.1. The zero-order chi connectivity index (χ0) is 28.8. The Morgan fingerprint density at radius 2 is 1.44 bits per heavy atom. The van der Waals surface area contributed by atoms with E-state index in [0.29, 0.717) is 17.8 Å². The molecule has 0 aliphatic carbocycles. The van der Waals surface area contributed by atoms with Crippen LogP contribution in [0.25, 0.3) is 10.2 Å². The summed E-state index contributed by atoms with van der Waals surface area (Å²) in [4.78, 5) is 43.1. The Hall–Kier alpha value is -4.47. The average Bonchev–Trinajstić information content (AvgIpc) is 3.39.